The van der Waals surface area contributed by atoms with Crippen molar-refractivity contribution < 1.29 is 0 Å². The Bertz CT molecular complexity index is 342. The third kappa shape index (κ3) is 1.72. The first-order valence-corrected chi connectivity index (χ1v) is 4.84. The lowest BCUT2D eigenvalue weighted by Gasteiger charge is -2.02. The molecule has 0 saturated heterocycles. The van der Waals surface area contributed by atoms with Crippen molar-refractivity contribution in [2.75, 3.05) is 0 Å². The molecule has 66 valence electrons. The Balaban J connectivity index is 2.16. The Morgan fingerprint density at radius 3 is 2.46 bits per heavy atom. The lowest BCUT2D eigenvalue weighted by molar-refractivity contribution is 1.06. The van der Waals surface area contributed by atoms with Gasteiger partial charge in [0, 0.05) is 0 Å². The zero-order chi connectivity index (χ0) is 9.10. The zero-order valence-electron chi connectivity index (χ0n) is 7.96. The van der Waals surface area contributed by atoms with Crippen LogP contribution in [0.25, 0.3) is 5.57 Å². The molecule has 0 aliphatic heterocycles. The third-order valence-corrected chi connectivity index (χ3v) is 2.54. The Morgan fingerprint density at radius 1 is 1.08 bits per heavy atom. The molecule has 0 unspecified atom stereocenters. The van der Waals surface area contributed by atoms with Gasteiger partial charge in [0.15, 0.2) is 0 Å². The van der Waals surface area contributed by atoms with Crippen molar-refractivity contribution in [2.24, 2.45) is 0 Å². The summed E-state index contributed by atoms with van der Waals surface area (Å²) in [5, 5.41) is 0. The summed E-state index contributed by atoms with van der Waals surface area (Å²) in [6.07, 6.45) is 6.81. The normalized spacial score (nSPS) is 15.5. The van der Waals surface area contributed by atoms with Crippen molar-refractivity contribution in [2.45, 2.75) is 19.8 Å². The van der Waals surface area contributed by atoms with Gasteiger partial charge in [-0.3, -0.25) is 0 Å². The molecule has 1 aromatic rings. The summed E-state index contributed by atoms with van der Waals surface area (Å²) in [7, 11) is 0. The molecule has 0 N–H and O–H groups in total. The monoisotopic (exact) mass is 170 g/mol. The van der Waals surface area contributed by atoms with E-state index in [1.807, 2.05) is 0 Å². The van der Waals surface area contributed by atoms with Gasteiger partial charge in [-0.2, -0.15) is 0 Å². The van der Waals surface area contributed by atoms with Gasteiger partial charge in [0.1, 0.15) is 0 Å². The molecule has 1 aliphatic rings. The fourth-order valence-electron chi connectivity index (χ4n) is 1.67. The molecule has 0 heterocycles. The number of rotatable bonds is 2. The Labute approximate surface area is 79.6 Å². The van der Waals surface area contributed by atoms with Crippen LogP contribution in [0, 0.1) is 0 Å². The smallest absolute Gasteiger partial charge is 0.00582 e. The van der Waals surface area contributed by atoms with Crippen molar-refractivity contribution in [3.05, 3.63) is 53.6 Å². The first kappa shape index (κ1) is 8.31. The van der Waals surface area contributed by atoms with E-state index in [-0.39, 0.29) is 0 Å². The van der Waals surface area contributed by atoms with E-state index < -0.39 is 0 Å². The fraction of sp³-hybridized carbons (Fsp3) is 0.231. The Hall–Kier alpha value is -1.30. The zero-order valence-corrected chi connectivity index (χ0v) is 7.96. The highest BCUT2D eigenvalue weighted by molar-refractivity contribution is 5.72. The molecule has 0 saturated carbocycles. The predicted molar refractivity (Wildman–Crippen MR) is 57.4 cm³/mol. The standard InChI is InChI=1S/C13H14/c1-2-11-8-9-13(10-11)12-6-4-3-5-7-12/h3-9H,2,10H2,1H3. The van der Waals surface area contributed by atoms with Crippen LogP contribution < -0.4 is 0 Å². The third-order valence-electron chi connectivity index (χ3n) is 2.54. The highest BCUT2D eigenvalue weighted by atomic mass is 14.1. The maximum atomic E-state index is 2.25. The maximum Gasteiger partial charge on any atom is -0.00582 e. The molecular weight excluding hydrogens is 156 g/mol. The molecule has 1 aliphatic carbocycles. The van der Waals surface area contributed by atoms with Crippen LogP contribution in [0.3, 0.4) is 0 Å². The van der Waals surface area contributed by atoms with Gasteiger partial charge in [0.05, 0.1) is 0 Å². The summed E-state index contributed by atoms with van der Waals surface area (Å²) in [5.74, 6) is 0. The molecule has 1 aromatic carbocycles. The Morgan fingerprint density at radius 2 is 1.85 bits per heavy atom. The molecule has 2 rings (SSSR count). The van der Waals surface area contributed by atoms with E-state index in [9.17, 15) is 0 Å². The predicted octanol–water partition coefficient (Wildman–Crippen LogP) is 3.81. The highest BCUT2D eigenvalue weighted by Crippen LogP contribution is 2.28. The number of benzene rings is 1. The average Bonchev–Trinajstić information content (AvgIpc) is 2.67. The summed E-state index contributed by atoms with van der Waals surface area (Å²) in [6, 6.07) is 10.6. The summed E-state index contributed by atoms with van der Waals surface area (Å²) in [4.78, 5) is 0. The number of allylic oxidation sites excluding steroid dienone is 4. The van der Waals surface area contributed by atoms with Crippen molar-refractivity contribution in [1.82, 2.24) is 0 Å². The maximum absolute atomic E-state index is 2.25. The van der Waals surface area contributed by atoms with E-state index in [2.05, 4.69) is 49.4 Å². The lowest BCUT2D eigenvalue weighted by Crippen LogP contribution is -1.81. The van der Waals surface area contributed by atoms with E-state index in [1.165, 1.54) is 17.6 Å². The average molecular weight is 170 g/mol. The van der Waals surface area contributed by atoms with Crippen LogP contribution in [0.4, 0.5) is 0 Å². The van der Waals surface area contributed by atoms with Gasteiger partial charge in [-0.25, -0.2) is 0 Å². The van der Waals surface area contributed by atoms with Crippen molar-refractivity contribution in [1.29, 1.82) is 0 Å². The highest BCUT2D eigenvalue weighted by Gasteiger charge is 2.07. The molecular formula is C13H14. The fourth-order valence-corrected chi connectivity index (χ4v) is 1.67. The molecule has 0 atom stereocenters. The first-order valence-electron chi connectivity index (χ1n) is 4.84. The van der Waals surface area contributed by atoms with Gasteiger partial charge in [0.25, 0.3) is 0 Å². The molecule has 0 aromatic heterocycles. The van der Waals surface area contributed by atoms with Crippen molar-refractivity contribution in [3.8, 4) is 0 Å². The molecule has 0 spiro atoms. The second-order valence-electron chi connectivity index (χ2n) is 3.41. The van der Waals surface area contributed by atoms with Crippen LogP contribution in [0.2, 0.25) is 0 Å². The van der Waals surface area contributed by atoms with Gasteiger partial charge in [-0.15, -0.1) is 0 Å². The molecule has 13 heavy (non-hydrogen) atoms. The molecule has 0 amide bonds. The van der Waals surface area contributed by atoms with Crippen LogP contribution in [-0.4, -0.2) is 0 Å². The number of hydrogen-bond acceptors (Lipinski definition) is 0. The van der Waals surface area contributed by atoms with E-state index in [0.29, 0.717) is 0 Å². The first-order chi connectivity index (χ1) is 6.40. The molecule has 0 nitrogen and oxygen atoms in total. The molecule has 0 bridgehead atoms. The van der Waals surface area contributed by atoms with Gasteiger partial charge in [-0.05, 0) is 24.0 Å². The van der Waals surface area contributed by atoms with Crippen LogP contribution in [0.1, 0.15) is 25.3 Å². The summed E-state index contributed by atoms with van der Waals surface area (Å²) in [5.41, 5.74) is 4.36. The van der Waals surface area contributed by atoms with E-state index in [0.717, 1.165) is 6.42 Å². The van der Waals surface area contributed by atoms with Gasteiger partial charge in [-0.1, -0.05) is 55.0 Å². The summed E-state index contributed by atoms with van der Waals surface area (Å²) >= 11 is 0. The second-order valence-corrected chi connectivity index (χ2v) is 3.41. The Kier molecular flexibility index (Phi) is 2.31. The largest absolute Gasteiger partial charge is 0.0661 e. The number of hydrogen-bond donors (Lipinski definition) is 0. The van der Waals surface area contributed by atoms with Gasteiger partial charge >= 0.3 is 0 Å². The van der Waals surface area contributed by atoms with Crippen LogP contribution in [-0.2, 0) is 0 Å². The minimum Gasteiger partial charge on any atom is -0.0661 e. The van der Waals surface area contributed by atoms with Gasteiger partial charge < -0.3 is 0 Å². The summed E-state index contributed by atoms with van der Waals surface area (Å²) in [6.45, 7) is 2.22. The van der Waals surface area contributed by atoms with Crippen molar-refractivity contribution in [3.63, 3.8) is 0 Å². The lowest BCUT2D eigenvalue weighted by atomic mass is 10.0. The quantitative estimate of drug-likeness (QED) is 0.633. The van der Waals surface area contributed by atoms with E-state index in [4.69, 9.17) is 0 Å². The van der Waals surface area contributed by atoms with E-state index >= 15 is 0 Å². The second kappa shape index (κ2) is 3.61. The van der Waals surface area contributed by atoms with E-state index in [1.54, 1.807) is 5.57 Å². The molecule has 0 fully saturated rings. The minimum atomic E-state index is 1.14. The van der Waals surface area contributed by atoms with Crippen molar-refractivity contribution >= 4 is 5.57 Å². The molecule has 0 heteroatoms. The van der Waals surface area contributed by atoms with Crippen LogP contribution >= 0.6 is 0 Å². The topological polar surface area (TPSA) is 0 Å². The van der Waals surface area contributed by atoms with Crippen LogP contribution in [0.5, 0.6) is 0 Å². The SMILES string of the molecule is CCC1=CC=C(c2ccccc2)C1. The van der Waals surface area contributed by atoms with Crippen LogP contribution in [0.15, 0.2) is 48.1 Å². The molecule has 0 radical (unpaired) electrons. The minimum absolute atomic E-state index is 1.14. The van der Waals surface area contributed by atoms with Gasteiger partial charge in [0.2, 0.25) is 0 Å². The summed E-state index contributed by atoms with van der Waals surface area (Å²) < 4.78 is 0.